The molecule has 1 nitrogen and oxygen atoms in total. The first-order valence-electron chi connectivity index (χ1n) is 6.17. The quantitative estimate of drug-likeness (QED) is 0.883. The maximum absolute atomic E-state index is 13.1. The van der Waals surface area contributed by atoms with Crippen LogP contribution in [-0.4, -0.2) is 5.11 Å². The summed E-state index contributed by atoms with van der Waals surface area (Å²) < 4.78 is 14.0. The fraction of sp³-hybridized carbons (Fsp3) is 0.250. The molecule has 0 aliphatic rings. The summed E-state index contributed by atoms with van der Waals surface area (Å²) in [6, 6.07) is 10.4. The van der Waals surface area contributed by atoms with E-state index < -0.39 is 6.10 Å². The highest BCUT2D eigenvalue weighted by Gasteiger charge is 2.14. The highest BCUT2D eigenvalue weighted by molar-refractivity contribution is 9.10. The van der Waals surface area contributed by atoms with Gasteiger partial charge in [-0.3, -0.25) is 0 Å². The van der Waals surface area contributed by atoms with Crippen LogP contribution >= 0.6 is 15.9 Å². The van der Waals surface area contributed by atoms with E-state index in [0.717, 1.165) is 26.7 Å². The van der Waals surface area contributed by atoms with Crippen molar-refractivity contribution in [2.45, 2.75) is 26.4 Å². The highest BCUT2D eigenvalue weighted by Crippen LogP contribution is 2.27. The molecular formula is C16H16BrFO. The molecule has 2 aromatic rings. The van der Waals surface area contributed by atoms with E-state index in [4.69, 9.17) is 0 Å². The van der Waals surface area contributed by atoms with Crippen LogP contribution in [0.3, 0.4) is 0 Å². The number of halogens is 2. The molecule has 2 aromatic carbocycles. The van der Waals surface area contributed by atoms with E-state index in [9.17, 15) is 9.50 Å². The Morgan fingerprint density at radius 3 is 2.63 bits per heavy atom. The summed E-state index contributed by atoms with van der Waals surface area (Å²) in [5.41, 5.74) is 3.77. The van der Waals surface area contributed by atoms with E-state index in [2.05, 4.69) is 15.9 Å². The van der Waals surface area contributed by atoms with Gasteiger partial charge >= 0.3 is 0 Å². The summed E-state index contributed by atoms with van der Waals surface area (Å²) in [5, 5.41) is 10.4. The van der Waals surface area contributed by atoms with Crippen LogP contribution in [-0.2, 0) is 6.42 Å². The Morgan fingerprint density at radius 1 is 1.21 bits per heavy atom. The van der Waals surface area contributed by atoms with Crippen molar-refractivity contribution in [2.75, 3.05) is 0 Å². The van der Waals surface area contributed by atoms with Gasteiger partial charge in [-0.2, -0.15) is 0 Å². The van der Waals surface area contributed by atoms with Crippen molar-refractivity contribution in [3.8, 4) is 0 Å². The van der Waals surface area contributed by atoms with Gasteiger partial charge in [-0.1, -0.05) is 34.1 Å². The molecule has 1 atom stereocenters. The van der Waals surface area contributed by atoms with Gasteiger partial charge in [0, 0.05) is 10.9 Å². The lowest BCUT2D eigenvalue weighted by molar-refractivity contribution is 0.177. The average molecular weight is 323 g/mol. The summed E-state index contributed by atoms with van der Waals surface area (Å²) in [6.45, 7) is 3.83. The van der Waals surface area contributed by atoms with Crippen LogP contribution in [0.5, 0.6) is 0 Å². The fourth-order valence-corrected chi connectivity index (χ4v) is 2.57. The number of benzene rings is 2. The van der Waals surface area contributed by atoms with Crippen molar-refractivity contribution in [1.82, 2.24) is 0 Å². The molecule has 0 fully saturated rings. The summed E-state index contributed by atoms with van der Waals surface area (Å²) in [7, 11) is 0. The molecule has 0 radical (unpaired) electrons. The van der Waals surface area contributed by atoms with Crippen LogP contribution in [0.4, 0.5) is 4.39 Å². The SMILES string of the molecule is Cc1cc(F)ccc1CC(O)c1cccc(Br)c1C. The Morgan fingerprint density at radius 2 is 1.95 bits per heavy atom. The number of hydrogen-bond donors (Lipinski definition) is 1. The fourth-order valence-electron chi connectivity index (χ4n) is 2.19. The van der Waals surface area contributed by atoms with E-state index in [1.807, 2.05) is 32.0 Å². The first-order valence-corrected chi connectivity index (χ1v) is 6.96. The van der Waals surface area contributed by atoms with Crippen LogP contribution in [0.25, 0.3) is 0 Å². The molecule has 1 N–H and O–H groups in total. The molecule has 2 rings (SSSR count). The van der Waals surface area contributed by atoms with Crippen molar-refractivity contribution < 1.29 is 9.50 Å². The van der Waals surface area contributed by atoms with Gasteiger partial charge in [-0.15, -0.1) is 0 Å². The second-order valence-electron chi connectivity index (χ2n) is 4.74. The second-order valence-corrected chi connectivity index (χ2v) is 5.60. The van der Waals surface area contributed by atoms with E-state index in [-0.39, 0.29) is 5.82 Å². The summed E-state index contributed by atoms with van der Waals surface area (Å²) >= 11 is 3.46. The van der Waals surface area contributed by atoms with Gasteiger partial charge in [0.25, 0.3) is 0 Å². The van der Waals surface area contributed by atoms with Gasteiger partial charge in [0.05, 0.1) is 6.10 Å². The molecular weight excluding hydrogens is 307 g/mol. The third-order valence-corrected chi connectivity index (χ3v) is 4.25. The topological polar surface area (TPSA) is 20.2 Å². The molecule has 0 aliphatic carbocycles. The van der Waals surface area contributed by atoms with E-state index in [0.29, 0.717) is 6.42 Å². The Balaban J connectivity index is 2.25. The Bertz CT molecular complexity index is 595. The predicted molar refractivity (Wildman–Crippen MR) is 78.7 cm³/mol. The Kier molecular flexibility index (Phi) is 4.38. The lowest BCUT2D eigenvalue weighted by Crippen LogP contribution is -2.05. The van der Waals surface area contributed by atoms with Crippen molar-refractivity contribution in [1.29, 1.82) is 0 Å². The van der Waals surface area contributed by atoms with Gasteiger partial charge < -0.3 is 5.11 Å². The molecule has 0 aromatic heterocycles. The van der Waals surface area contributed by atoms with Crippen LogP contribution in [0.1, 0.15) is 28.4 Å². The molecule has 0 saturated carbocycles. The molecule has 1 unspecified atom stereocenters. The molecule has 0 saturated heterocycles. The first-order chi connectivity index (χ1) is 8.99. The molecule has 0 aliphatic heterocycles. The molecule has 0 bridgehead atoms. The summed E-state index contributed by atoms with van der Waals surface area (Å²) in [4.78, 5) is 0. The monoisotopic (exact) mass is 322 g/mol. The number of hydrogen-bond acceptors (Lipinski definition) is 1. The van der Waals surface area contributed by atoms with E-state index in [1.165, 1.54) is 12.1 Å². The van der Waals surface area contributed by atoms with Crippen LogP contribution in [0.15, 0.2) is 40.9 Å². The molecule has 100 valence electrons. The van der Waals surface area contributed by atoms with E-state index >= 15 is 0 Å². The minimum Gasteiger partial charge on any atom is -0.388 e. The van der Waals surface area contributed by atoms with Gasteiger partial charge in [0.1, 0.15) is 5.82 Å². The predicted octanol–water partition coefficient (Wildman–Crippen LogP) is 4.48. The molecule has 19 heavy (non-hydrogen) atoms. The van der Waals surface area contributed by atoms with Crippen molar-refractivity contribution in [3.05, 3.63) is 68.9 Å². The zero-order valence-electron chi connectivity index (χ0n) is 11.0. The van der Waals surface area contributed by atoms with Crippen molar-refractivity contribution >= 4 is 15.9 Å². The van der Waals surface area contributed by atoms with Crippen LogP contribution in [0, 0.1) is 19.7 Å². The zero-order valence-corrected chi connectivity index (χ0v) is 12.5. The smallest absolute Gasteiger partial charge is 0.123 e. The summed E-state index contributed by atoms with van der Waals surface area (Å²) in [6.07, 6.45) is -0.0923. The average Bonchev–Trinajstić information content (AvgIpc) is 2.36. The molecule has 0 spiro atoms. The third kappa shape index (κ3) is 3.23. The van der Waals surface area contributed by atoms with Gasteiger partial charge in [0.2, 0.25) is 0 Å². The summed E-state index contributed by atoms with van der Waals surface area (Å²) in [5.74, 6) is -0.241. The van der Waals surface area contributed by atoms with Crippen molar-refractivity contribution in [2.24, 2.45) is 0 Å². The molecule has 3 heteroatoms. The lowest BCUT2D eigenvalue weighted by atomic mass is 9.95. The lowest BCUT2D eigenvalue weighted by Gasteiger charge is -2.16. The minimum atomic E-state index is -0.582. The number of rotatable bonds is 3. The number of aliphatic hydroxyl groups excluding tert-OH is 1. The maximum Gasteiger partial charge on any atom is 0.123 e. The normalized spacial score (nSPS) is 12.5. The largest absolute Gasteiger partial charge is 0.388 e. The first kappa shape index (κ1) is 14.2. The van der Waals surface area contributed by atoms with Crippen molar-refractivity contribution in [3.63, 3.8) is 0 Å². The number of aryl methyl sites for hydroxylation is 1. The van der Waals surface area contributed by atoms with Gasteiger partial charge in [-0.25, -0.2) is 4.39 Å². The zero-order chi connectivity index (χ0) is 14.0. The third-order valence-electron chi connectivity index (χ3n) is 3.39. The number of aliphatic hydroxyl groups is 1. The Labute approximate surface area is 121 Å². The Hall–Kier alpha value is -1.19. The second kappa shape index (κ2) is 5.85. The van der Waals surface area contributed by atoms with Gasteiger partial charge in [-0.05, 0) is 54.3 Å². The van der Waals surface area contributed by atoms with Crippen LogP contribution in [0.2, 0.25) is 0 Å². The highest BCUT2D eigenvalue weighted by atomic mass is 79.9. The standard InChI is InChI=1S/C16H16BrFO/c1-10-8-13(18)7-6-12(10)9-16(19)14-4-3-5-15(17)11(14)2/h3-8,16,19H,9H2,1-2H3. The van der Waals surface area contributed by atoms with E-state index in [1.54, 1.807) is 6.07 Å². The minimum absolute atomic E-state index is 0.241. The van der Waals surface area contributed by atoms with Gasteiger partial charge in [0.15, 0.2) is 0 Å². The molecule has 0 heterocycles. The van der Waals surface area contributed by atoms with Crippen LogP contribution < -0.4 is 0 Å². The maximum atomic E-state index is 13.1. The molecule has 0 amide bonds.